The quantitative estimate of drug-likeness (QED) is 0.206. The number of anilines is 1. The predicted octanol–water partition coefficient (Wildman–Crippen LogP) is 6.72. The highest BCUT2D eigenvalue weighted by Gasteiger charge is 2.16. The Morgan fingerprint density at radius 1 is 0.750 bits per heavy atom. The van der Waals surface area contributed by atoms with Gasteiger partial charge < -0.3 is 10.1 Å². The lowest BCUT2D eigenvalue weighted by Gasteiger charge is -2.24. The van der Waals surface area contributed by atoms with E-state index in [4.69, 9.17) is 4.74 Å². The van der Waals surface area contributed by atoms with Gasteiger partial charge in [0.05, 0.1) is 0 Å². The lowest BCUT2D eigenvalue weighted by atomic mass is 10.1. The maximum atomic E-state index is 13.2. The summed E-state index contributed by atoms with van der Waals surface area (Å²) >= 11 is 1.60. The molecule has 0 fully saturated rings. The number of carbonyl (C=O) groups excluding carboxylic acids is 2. The van der Waals surface area contributed by atoms with E-state index < -0.39 is 0 Å². The fraction of sp³-hybridized carbons (Fsp3) is 0.133. The molecule has 182 valence electrons. The second kappa shape index (κ2) is 12.6. The molecule has 0 aliphatic heterocycles. The number of carbonyl (C=O) groups is 2. The van der Waals surface area contributed by atoms with E-state index in [2.05, 4.69) is 17.4 Å². The van der Waals surface area contributed by atoms with Crippen molar-refractivity contribution in [3.8, 4) is 5.75 Å². The average Bonchev–Trinajstić information content (AvgIpc) is 2.90. The molecule has 1 N–H and O–H groups in total. The van der Waals surface area contributed by atoms with Crippen molar-refractivity contribution in [3.05, 3.63) is 120 Å². The van der Waals surface area contributed by atoms with Gasteiger partial charge in [0.25, 0.3) is 0 Å². The SMILES string of the molecule is CC(=O)Oc1ccc(Sc2ccc(N(CCc3ccccc3)C(=O)NCc3ccccc3)cc2)cc1. The first-order chi connectivity index (χ1) is 17.6. The summed E-state index contributed by atoms with van der Waals surface area (Å²) in [7, 11) is 0. The summed E-state index contributed by atoms with van der Waals surface area (Å²) in [5.74, 6) is 0.188. The molecule has 0 heterocycles. The van der Waals surface area contributed by atoms with Gasteiger partial charge in [-0.15, -0.1) is 0 Å². The number of nitrogens with zero attached hydrogens (tertiary/aromatic N) is 1. The Morgan fingerprint density at radius 3 is 1.89 bits per heavy atom. The molecule has 0 aromatic heterocycles. The predicted molar refractivity (Wildman–Crippen MR) is 144 cm³/mol. The monoisotopic (exact) mass is 496 g/mol. The number of amides is 2. The first-order valence-electron chi connectivity index (χ1n) is 11.8. The van der Waals surface area contributed by atoms with Gasteiger partial charge in [-0.25, -0.2) is 4.79 Å². The maximum absolute atomic E-state index is 13.2. The third-order valence-corrected chi connectivity index (χ3v) is 6.48. The molecular weight excluding hydrogens is 468 g/mol. The third-order valence-electron chi connectivity index (χ3n) is 5.47. The molecule has 0 spiro atoms. The number of urea groups is 1. The van der Waals surface area contributed by atoms with Crippen LogP contribution in [0.4, 0.5) is 10.5 Å². The normalized spacial score (nSPS) is 10.5. The van der Waals surface area contributed by atoms with Gasteiger partial charge in [0.15, 0.2) is 0 Å². The van der Waals surface area contributed by atoms with Crippen LogP contribution >= 0.6 is 11.8 Å². The maximum Gasteiger partial charge on any atom is 0.322 e. The summed E-state index contributed by atoms with van der Waals surface area (Å²) in [5.41, 5.74) is 3.08. The van der Waals surface area contributed by atoms with Crippen molar-refractivity contribution in [2.75, 3.05) is 11.4 Å². The third kappa shape index (κ3) is 7.48. The molecule has 0 aliphatic rings. The van der Waals surface area contributed by atoms with E-state index in [0.717, 1.165) is 27.5 Å². The summed E-state index contributed by atoms with van der Waals surface area (Å²) in [5, 5.41) is 3.05. The van der Waals surface area contributed by atoms with Gasteiger partial charge in [-0.05, 0) is 66.1 Å². The van der Waals surface area contributed by atoms with E-state index >= 15 is 0 Å². The van der Waals surface area contributed by atoms with Crippen molar-refractivity contribution < 1.29 is 14.3 Å². The van der Waals surface area contributed by atoms with Crippen LogP contribution in [0.25, 0.3) is 0 Å². The summed E-state index contributed by atoms with van der Waals surface area (Å²) < 4.78 is 5.10. The minimum atomic E-state index is -0.337. The first-order valence-corrected chi connectivity index (χ1v) is 12.6. The van der Waals surface area contributed by atoms with Crippen LogP contribution in [-0.4, -0.2) is 18.5 Å². The van der Waals surface area contributed by atoms with E-state index in [1.165, 1.54) is 12.5 Å². The number of benzene rings is 4. The van der Waals surface area contributed by atoms with Gasteiger partial charge in [0.1, 0.15) is 5.75 Å². The molecule has 0 aliphatic carbocycles. The molecule has 0 radical (unpaired) electrons. The molecule has 4 aromatic carbocycles. The molecule has 5 nitrogen and oxygen atoms in total. The van der Waals surface area contributed by atoms with Crippen LogP contribution in [0.5, 0.6) is 5.75 Å². The molecule has 4 rings (SSSR count). The molecular formula is C30H28N2O3S. The van der Waals surface area contributed by atoms with E-state index in [-0.39, 0.29) is 12.0 Å². The Kier molecular flexibility index (Phi) is 8.78. The molecule has 6 heteroatoms. The van der Waals surface area contributed by atoms with Crippen molar-refractivity contribution in [2.24, 2.45) is 0 Å². The Morgan fingerprint density at radius 2 is 1.31 bits per heavy atom. The van der Waals surface area contributed by atoms with Crippen LogP contribution < -0.4 is 15.0 Å². The second-order valence-electron chi connectivity index (χ2n) is 8.19. The zero-order chi connectivity index (χ0) is 25.2. The van der Waals surface area contributed by atoms with Gasteiger partial charge >= 0.3 is 12.0 Å². The van der Waals surface area contributed by atoms with Gasteiger partial charge in [0, 0.05) is 35.5 Å². The van der Waals surface area contributed by atoms with Crippen molar-refractivity contribution in [3.63, 3.8) is 0 Å². The minimum Gasteiger partial charge on any atom is -0.427 e. The van der Waals surface area contributed by atoms with Crippen molar-refractivity contribution >= 4 is 29.4 Å². The molecule has 0 saturated heterocycles. The van der Waals surface area contributed by atoms with Gasteiger partial charge in [0.2, 0.25) is 0 Å². The number of hydrogen-bond donors (Lipinski definition) is 1. The van der Waals surface area contributed by atoms with Gasteiger partial charge in [-0.1, -0.05) is 72.4 Å². The Balaban J connectivity index is 1.44. The topological polar surface area (TPSA) is 58.6 Å². The van der Waals surface area contributed by atoms with Crippen molar-refractivity contribution in [1.82, 2.24) is 5.32 Å². The van der Waals surface area contributed by atoms with E-state index in [0.29, 0.717) is 18.8 Å². The molecule has 0 bridgehead atoms. The molecule has 0 unspecified atom stereocenters. The molecule has 0 atom stereocenters. The smallest absolute Gasteiger partial charge is 0.322 e. The standard InChI is InChI=1S/C30H28N2O3S/c1-23(33)35-27-14-18-29(19-15-27)36-28-16-12-26(13-17-28)32(21-20-24-8-4-2-5-9-24)30(34)31-22-25-10-6-3-7-11-25/h2-19H,20-22H2,1H3,(H,31,34). The number of hydrogen-bond acceptors (Lipinski definition) is 4. The number of esters is 1. The highest BCUT2D eigenvalue weighted by Crippen LogP contribution is 2.30. The Labute approximate surface area is 216 Å². The van der Waals surface area contributed by atoms with Gasteiger partial charge in [-0.3, -0.25) is 9.69 Å². The van der Waals surface area contributed by atoms with Crippen molar-refractivity contribution in [1.29, 1.82) is 0 Å². The van der Waals surface area contributed by atoms with Crippen LogP contribution in [0.3, 0.4) is 0 Å². The highest BCUT2D eigenvalue weighted by atomic mass is 32.2. The first kappa shape index (κ1) is 25.1. The summed E-state index contributed by atoms with van der Waals surface area (Å²) in [4.78, 5) is 28.2. The average molecular weight is 497 g/mol. The highest BCUT2D eigenvalue weighted by molar-refractivity contribution is 7.99. The van der Waals surface area contributed by atoms with Crippen LogP contribution in [0, 0.1) is 0 Å². The van der Waals surface area contributed by atoms with E-state index in [1.54, 1.807) is 28.8 Å². The summed E-state index contributed by atoms with van der Waals surface area (Å²) in [6.45, 7) is 2.42. The van der Waals surface area contributed by atoms with Crippen LogP contribution in [0.15, 0.2) is 119 Å². The molecule has 36 heavy (non-hydrogen) atoms. The molecule has 4 aromatic rings. The lowest BCUT2D eigenvalue weighted by Crippen LogP contribution is -2.41. The number of ether oxygens (including phenoxy) is 1. The summed E-state index contributed by atoms with van der Waals surface area (Å²) in [6, 6.07) is 35.3. The second-order valence-corrected chi connectivity index (χ2v) is 9.34. The van der Waals surface area contributed by atoms with Crippen LogP contribution in [0.1, 0.15) is 18.1 Å². The van der Waals surface area contributed by atoms with E-state index in [1.807, 2.05) is 84.9 Å². The lowest BCUT2D eigenvalue weighted by molar-refractivity contribution is -0.131. The number of rotatable bonds is 9. The van der Waals surface area contributed by atoms with Crippen molar-refractivity contribution in [2.45, 2.75) is 29.7 Å². The summed E-state index contributed by atoms with van der Waals surface area (Å²) in [6.07, 6.45) is 0.755. The minimum absolute atomic E-state index is 0.128. The largest absolute Gasteiger partial charge is 0.427 e. The van der Waals surface area contributed by atoms with Crippen LogP contribution in [0.2, 0.25) is 0 Å². The fourth-order valence-electron chi connectivity index (χ4n) is 3.67. The number of nitrogens with one attached hydrogen (secondary N) is 1. The van der Waals surface area contributed by atoms with Crippen LogP contribution in [-0.2, 0) is 17.8 Å². The van der Waals surface area contributed by atoms with E-state index in [9.17, 15) is 9.59 Å². The van der Waals surface area contributed by atoms with Gasteiger partial charge in [-0.2, -0.15) is 0 Å². The molecule has 2 amide bonds. The fourth-order valence-corrected chi connectivity index (χ4v) is 4.49. The zero-order valence-electron chi connectivity index (χ0n) is 20.1. The Bertz CT molecular complexity index is 1260. The Hall–Kier alpha value is -4.03. The molecule has 0 saturated carbocycles. The zero-order valence-corrected chi connectivity index (χ0v) is 20.9.